The minimum Gasteiger partial charge on any atom is -0.379 e. The molecule has 16 heavy (non-hydrogen) atoms. The van der Waals surface area contributed by atoms with Gasteiger partial charge in [0.25, 0.3) is 0 Å². The van der Waals surface area contributed by atoms with Crippen LogP contribution in [0.2, 0.25) is 0 Å². The van der Waals surface area contributed by atoms with Crippen LogP contribution in [0.1, 0.15) is 0 Å². The van der Waals surface area contributed by atoms with Crippen molar-refractivity contribution in [2.75, 3.05) is 44.4 Å². The highest BCUT2D eigenvalue weighted by Crippen LogP contribution is 1.97. The van der Waals surface area contributed by atoms with Crippen molar-refractivity contribution in [3.05, 3.63) is 24.5 Å². The van der Waals surface area contributed by atoms with E-state index in [4.69, 9.17) is 4.74 Å². The number of hydrogen-bond acceptors (Lipinski definition) is 3. The van der Waals surface area contributed by atoms with Crippen LogP contribution in [0.3, 0.4) is 0 Å². The van der Waals surface area contributed by atoms with Gasteiger partial charge in [0, 0.05) is 32.0 Å². The van der Waals surface area contributed by atoms with Gasteiger partial charge >= 0.3 is 0 Å². The lowest BCUT2D eigenvalue weighted by Crippen LogP contribution is -2.43. The van der Waals surface area contributed by atoms with Crippen LogP contribution in [0.5, 0.6) is 0 Å². The third kappa shape index (κ3) is 2.84. The van der Waals surface area contributed by atoms with Crippen molar-refractivity contribution in [3.8, 4) is 0 Å². The number of morpholine rings is 1. The molecule has 1 aromatic heterocycles. The number of rotatable bonds is 5. The van der Waals surface area contributed by atoms with E-state index in [-0.39, 0.29) is 0 Å². The third-order valence-corrected chi connectivity index (χ3v) is 2.76. The molecule has 0 radical (unpaired) electrons. The van der Waals surface area contributed by atoms with Gasteiger partial charge in [-0.1, -0.05) is 0 Å². The summed E-state index contributed by atoms with van der Waals surface area (Å²) in [6, 6.07) is 3.82. The fraction of sp³-hybridized carbons (Fsp3) is 0.545. The highest BCUT2D eigenvalue weighted by Gasteiger charge is 2.11. The molecule has 1 aliphatic heterocycles. The van der Waals surface area contributed by atoms with Gasteiger partial charge in [0.15, 0.2) is 0 Å². The molecule has 0 atom stereocenters. The molecule has 0 N–H and O–H groups in total. The van der Waals surface area contributed by atoms with Gasteiger partial charge in [-0.05, 0) is 12.1 Å². The lowest BCUT2D eigenvalue weighted by molar-refractivity contribution is -0.108. The van der Waals surface area contributed by atoms with Crippen molar-refractivity contribution in [2.24, 2.45) is 0 Å². The SMILES string of the molecule is O=CN(CCN1CCOCC1)n1cccc1. The van der Waals surface area contributed by atoms with Gasteiger partial charge in [-0.2, -0.15) is 0 Å². The molecule has 0 saturated carbocycles. The maximum Gasteiger partial charge on any atom is 0.228 e. The largest absolute Gasteiger partial charge is 0.379 e. The monoisotopic (exact) mass is 223 g/mol. The molecule has 0 spiro atoms. The summed E-state index contributed by atoms with van der Waals surface area (Å²) < 4.78 is 7.07. The van der Waals surface area contributed by atoms with Gasteiger partial charge in [0.2, 0.25) is 6.41 Å². The smallest absolute Gasteiger partial charge is 0.228 e. The summed E-state index contributed by atoms with van der Waals surface area (Å²) in [5.74, 6) is 0. The molecule has 0 aromatic carbocycles. The first-order valence-electron chi connectivity index (χ1n) is 5.55. The van der Waals surface area contributed by atoms with Gasteiger partial charge < -0.3 is 4.74 Å². The first kappa shape index (κ1) is 11.2. The Kier molecular flexibility index (Phi) is 3.96. The molecule has 1 saturated heterocycles. The lowest BCUT2D eigenvalue weighted by atomic mass is 10.4. The summed E-state index contributed by atoms with van der Waals surface area (Å²) in [6.45, 7) is 5.10. The summed E-state index contributed by atoms with van der Waals surface area (Å²) in [4.78, 5) is 13.2. The zero-order chi connectivity index (χ0) is 11.2. The van der Waals surface area contributed by atoms with E-state index in [9.17, 15) is 4.79 Å². The lowest BCUT2D eigenvalue weighted by Gasteiger charge is -2.28. The quantitative estimate of drug-likeness (QED) is 0.655. The Morgan fingerprint density at radius 3 is 2.56 bits per heavy atom. The molecule has 2 heterocycles. The molecule has 0 bridgehead atoms. The van der Waals surface area contributed by atoms with Crippen LogP contribution in [-0.2, 0) is 9.53 Å². The van der Waals surface area contributed by atoms with Gasteiger partial charge in [0.05, 0.1) is 19.8 Å². The number of ether oxygens (including phenoxy) is 1. The van der Waals surface area contributed by atoms with Crippen LogP contribution >= 0.6 is 0 Å². The van der Waals surface area contributed by atoms with Crippen molar-refractivity contribution in [3.63, 3.8) is 0 Å². The molecule has 5 nitrogen and oxygen atoms in total. The second-order valence-corrected chi connectivity index (χ2v) is 3.79. The molecular formula is C11H17N3O2. The maximum absolute atomic E-state index is 10.9. The second kappa shape index (κ2) is 5.67. The topological polar surface area (TPSA) is 37.7 Å². The van der Waals surface area contributed by atoms with Gasteiger partial charge in [-0.25, -0.2) is 0 Å². The Bertz CT molecular complexity index is 307. The van der Waals surface area contributed by atoms with Crippen LogP contribution in [0.25, 0.3) is 0 Å². The molecule has 0 unspecified atom stereocenters. The fourth-order valence-corrected chi connectivity index (χ4v) is 1.79. The molecule has 88 valence electrons. The molecule has 0 aliphatic carbocycles. The number of hydrogen-bond donors (Lipinski definition) is 0. The van der Waals surface area contributed by atoms with E-state index in [1.54, 1.807) is 9.69 Å². The van der Waals surface area contributed by atoms with Crippen molar-refractivity contribution in [1.29, 1.82) is 0 Å². The minimum atomic E-state index is 0.707. The Balaban J connectivity index is 1.80. The predicted octanol–water partition coefficient (Wildman–Crippen LogP) is -0.0853. The van der Waals surface area contributed by atoms with Crippen molar-refractivity contribution >= 4 is 6.41 Å². The number of nitrogens with zero attached hydrogens (tertiary/aromatic N) is 3. The van der Waals surface area contributed by atoms with E-state index in [0.29, 0.717) is 6.54 Å². The first-order valence-corrected chi connectivity index (χ1v) is 5.55. The highest BCUT2D eigenvalue weighted by molar-refractivity contribution is 5.60. The van der Waals surface area contributed by atoms with Crippen molar-refractivity contribution in [2.45, 2.75) is 0 Å². The molecule has 5 heteroatoms. The van der Waals surface area contributed by atoms with E-state index >= 15 is 0 Å². The van der Waals surface area contributed by atoms with Crippen LogP contribution in [0.4, 0.5) is 0 Å². The zero-order valence-corrected chi connectivity index (χ0v) is 9.29. The molecular weight excluding hydrogens is 206 g/mol. The van der Waals surface area contributed by atoms with E-state index < -0.39 is 0 Å². The Morgan fingerprint density at radius 2 is 1.94 bits per heavy atom. The molecule has 1 aromatic rings. The standard InChI is InChI=1S/C11H17N3O2/c15-11-14(13-3-1-2-4-13)6-5-12-7-9-16-10-8-12/h1-4,11H,5-10H2. The van der Waals surface area contributed by atoms with Crippen LogP contribution in [0.15, 0.2) is 24.5 Å². The molecule has 1 aliphatic rings. The number of carbonyl (C=O) groups is 1. The number of aromatic nitrogens is 1. The van der Waals surface area contributed by atoms with Crippen LogP contribution in [0, 0.1) is 0 Å². The van der Waals surface area contributed by atoms with Crippen molar-refractivity contribution < 1.29 is 9.53 Å². The van der Waals surface area contributed by atoms with Gasteiger partial charge in [-0.15, -0.1) is 0 Å². The molecule has 1 amide bonds. The molecule has 1 fully saturated rings. The summed E-state index contributed by atoms with van der Waals surface area (Å²) in [6.07, 6.45) is 4.60. The van der Waals surface area contributed by atoms with Gasteiger partial charge in [-0.3, -0.25) is 19.4 Å². The Morgan fingerprint density at radius 1 is 1.25 bits per heavy atom. The first-order chi connectivity index (χ1) is 7.90. The highest BCUT2D eigenvalue weighted by atomic mass is 16.5. The zero-order valence-electron chi connectivity index (χ0n) is 9.29. The summed E-state index contributed by atoms with van der Waals surface area (Å²) in [5, 5.41) is 1.66. The average Bonchev–Trinajstić information content (AvgIpc) is 2.85. The average molecular weight is 223 g/mol. The number of amides is 1. The van der Waals surface area contributed by atoms with Gasteiger partial charge in [0.1, 0.15) is 0 Å². The van der Waals surface area contributed by atoms with E-state index in [1.807, 2.05) is 24.5 Å². The van der Waals surface area contributed by atoms with Crippen LogP contribution < -0.4 is 5.01 Å². The Labute approximate surface area is 95.2 Å². The van der Waals surface area contributed by atoms with Crippen molar-refractivity contribution in [1.82, 2.24) is 9.58 Å². The summed E-state index contributed by atoms with van der Waals surface area (Å²) in [5.41, 5.74) is 0. The summed E-state index contributed by atoms with van der Waals surface area (Å²) in [7, 11) is 0. The molecule has 2 rings (SSSR count). The van der Waals surface area contributed by atoms with Crippen LogP contribution in [-0.4, -0.2) is 55.4 Å². The van der Waals surface area contributed by atoms with E-state index in [1.165, 1.54) is 0 Å². The second-order valence-electron chi connectivity index (χ2n) is 3.79. The summed E-state index contributed by atoms with van der Waals surface area (Å²) >= 11 is 0. The normalized spacial score (nSPS) is 17.2. The Hall–Kier alpha value is -1.33. The minimum absolute atomic E-state index is 0.707. The maximum atomic E-state index is 10.9. The van der Waals surface area contributed by atoms with E-state index in [0.717, 1.165) is 39.3 Å². The van der Waals surface area contributed by atoms with E-state index in [2.05, 4.69) is 4.90 Å². The third-order valence-electron chi connectivity index (χ3n) is 2.76. The fourth-order valence-electron chi connectivity index (χ4n) is 1.79. The number of carbonyl (C=O) groups excluding carboxylic acids is 1. The predicted molar refractivity (Wildman–Crippen MR) is 60.8 cm³/mol.